The molecule has 66 valence electrons. The topological polar surface area (TPSA) is 77.8 Å². The summed E-state index contributed by atoms with van der Waals surface area (Å²) >= 11 is 0. The van der Waals surface area contributed by atoms with Gasteiger partial charge < -0.3 is 15.3 Å². The molecule has 0 amide bonds. The fourth-order valence-electron chi connectivity index (χ4n) is 0.776. The smallest absolute Gasteiger partial charge is 0.335 e. The minimum atomic E-state index is -1.66. The van der Waals surface area contributed by atoms with Crippen LogP contribution in [0.25, 0.3) is 0 Å². The summed E-state index contributed by atoms with van der Waals surface area (Å²) in [5, 5.41) is 26.1. The van der Waals surface area contributed by atoms with Crippen molar-refractivity contribution in [3.63, 3.8) is 0 Å². The molecule has 0 aliphatic carbocycles. The number of carboxylic acids is 1. The highest BCUT2D eigenvalue weighted by atomic mass is 16.4. The zero-order valence-corrected chi connectivity index (χ0v) is 6.69. The van der Waals surface area contributed by atoms with Gasteiger partial charge in [-0.05, 0) is 12.3 Å². The number of aliphatic hydroxyl groups excluding tert-OH is 2. The first-order chi connectivity index (χ1) is 4.95. The van der Waals surface area contributed by atoms with E-state index in [0.29, 0.717) is 6.42 Å². The molecular weight excluding hydrogens is 148 g/mol. The van der Waals surface area contributed by atoms with Crippen molar-refractivity contribution in [2.45, 2.75) is 32.5 Å². The van der Waals surface area contributed by atoms with E-state index in [2.05, 4.69) is 0 Å². The van der Waals surface area contributed by atoms with Gasteiger partial charge in [-0.25, -0.2) is 4.79 Å². The van der Waals surface area contributed by atoms with Crippen molar-refractivity contribution in [3.8, 4) is 0 Å². The number of carbonyl (C=O) groups is 1. The quantitative estimate of drug-likeness (QED) is 0.536. The number of rotatable bonds is 4. The number of hydrogen-bond acceptors (Lipinski definition) is 3. The highest BCUT2D eigenvalue weighted by Crippen LogP contribution is 2.07. The van der Waals surface area contributed by atoms with E-state index in [0.717, 1.165) is 0 Å². The lowest BCUT2D eigenvalue weighted by Gasteiger charge is -2.15. The number of aliphatic carboxylic acids is 1. The van der Waals surface area contributed by atoms with Crippen LogP contribution in [0.3, 0.4) is 0 Å². The van der Waals surface area contributed by atoms with E-state index >= 15 is 0 Å². The van der Waals surface area contributed by atoms with Crippen molar-refractivity contribution in [1.82, 2.24) is 0 Å². The molecule has 0 saturated carbocycles. The Kier molecular flexibility index (Phi) is 4.07. The summed E-state index contributed by atoms with van der Waals surface area (Å²) in [6, 6.07) is 0. The summed E-state index contributed by atoms with van der Waals surface area (Å²) in [6.45, 7) is 3.69. The molecule has 3 N–H and O–H groups in total. The Morgan fingerprint density at radius 1 is 1.36 bits per heavy atom. The van der Waals surface area contributed by atoms with Gasteiger partial charge in [-0.1, -0.05) is 13.8 Å². The lowest BCUT2D eigenvalue weighted by Crippen LogP contribution is -2.34. The van der Waals surface area contributed by atoms with Crippen molar-refractivity contribution in [1.29, 1.82) is 0 Å². The number of hydrogen-bond donors (Lipinski definition) is 3. The zero-order chi connectivity index (χ0) is 9.02. The molecule has 0 spiro atoms. The van der Waals surface area contributed by atoms with Gasteiger partial charge in [-0.3, -0.25) is 0 Å². The van der Waals surface area contributed by atoms with E-state index in [9.17, 15) is 4.79 Å². The molecule has 0 fully saturated rings. The number of carboxylic acid groups (broad SMARTS) is 1. The maximum Gasteiger partial charge on any atom is 0.335 e. The van der Waals surface area contributed by atoms with Gasteiger partial charge in [0.05, 0.1) is 6.10 Å². The van der Waals surface area contributed by atoms with Gasteiger partial charge in [0.2, 0.25) is 0 Å². The van der Waals surface area contributed by atoms with E-state index in [-0.39, 0.29) is 5.92 Å². The van der Waals surface area contributed by atoms with Gasteiger partial charge in [0.15, 0.2) is 6.10 Å². The summed E-state index contributed by atoms with van der Waals surface area (Å²) in [5.41, 5.74) is 0. The molecule has 4 nitrogen and oxygen atoms in total. The normalized spacial score (nSPS) is 16.5. The Hall–Kier alpha value is -0.610. The van der Waals surface area contributed by atoms with Crippen molar-refractivity contribution >= 4 is 5.97 Å². The first-order valence-corrected chi connectivity index (χ1v) is 3.54. The third-order valence-electron chi connectivity index (χ3n) is 1.33. The minimum Gasteiger partial charge on any atom is -0.479 e. The Morgan fingerprint density at radius 2 is 1.82 bits per heavy atom. The molecule has 0 radical (unpaired) electrons. The van der Waals surface area contributed by atoms with E-state index < -0.39 is 18.2 Å². The van der Waals surface area contributed by atoms with Crippen molar-refractivity contribution in [2.75, 3.05) is 0 Å². The Bertz CT molecular complexity index is 132. The predicted octanol–water partition coefficient (Wildman–Crippen LogP) is -0.161. The van der Waals surface area contributed by atoms with Crippen LogP contribution in [0, 0.1) is 5.92 Å². The summed E-state index contributed by atoms with van der Waals surface area (Å²) in [6.07, 6.45) is -2.52. The van der Waals surface area contributed by atoms with Gasteiger partial charge in [-0.15, -0.1) is 0 Å². The van der Waals surface area contributed by atoms with E-state index in [1.165, 1.54) is 0 Å². The molecule has 0 aliphatic heterocycles. The summed E-state index contributed by atoms with van der Waals surface area (Å²) in [7, 11) is 0. The maximum absolute atomic E-state index is 10.1. The fourth-order valence-corrected chi connectivity index (χ4v) is 0.776. The molecular formula is C7H14O4. The van der Waals surface area contributed by atoms with Crippen molar-refractivity contribution in [2.24, 2.45) is 5.92 Å². The Morgan fingerprint density at radius 3 is 2.09 bits per heavy atom. The van der Waals surface area contributed by atoms with Gasteiger partial charge >= 0.3 is 5.97 Å². The van der Waals surface area contributed by atoms with Crippen LogP contribution in [0.15, 0.2) is 0 Å². The lowest BCUT2D eigenvalue weighted by atomic mass is 10.0. The summed E-state index contributed by atoms with van der Waals surface area (Å²) in [5.74, 6) is -1.20. The molecule has 11 heavy (non-hydrogen) atoms. The molecule has 0 aromatic rings. The van der Waals surface area contributed by atoms with Crippen LogP contribution in [0.5, 0.6) is 0 Å². The largest absolute Gasteiger partial charge is 0.479 e. The van der Waals surface area contributed by atoms with Crippen LogP contribution in [0.1, 0.15) is 20.3 Å². The molecule has 0 aromatic carbocycles. The van der Waals surface area contributed by atoms with Gasteiger partial charge in [-0.2, -0.15) is 0 Å². The molecule has 2 unspecified atom stereocenters. The maximum atomic E-state index is 10.1. The Balaban J connectivity index is 3.82. The predicted molar refractivity (Wildman–Crippen MR) is 39.1 cm³/mol. The second kappa shape index (κ2) is 4.31. The summed E-state index contributed by atoms with van der Waals surface area (Å²) < 4.78 is 0. The zero-order valence-electron chi connectivity index (χ0n) is 6.69. The molecule has 0 aromatic heterocycles. The third-order valence-corrected chi connectivity index (χ3v) is 1.33. The average Bonchev–Trinajstić information content (AvgIpc) is 1.84. The van der Waals surface area contributed by atoms with Gasteiger partial charge in [0, 0.05) is 0 Å². The van der Waals surface area contributed by atoms with Crippen molar-refractivity contribution in [3.05, 3.63) is 0 Å². The molecule has 0 saturated heterocycles. The highest BCUT2D eigenvalue weighted by molar-refractivity contribution is 5.72. The van der Waals surface area contributed by atoms with Crippen molar-refractivity contribution < 1.29 is 20.1 Å². The minimum absolute atomic E-state index is 0.180. The first kappa shape index (κ1) is 10.4. The summed E-state index contributed by atoms with van der Waals surface area (Å²) in [4.78, 5) is 10.1. The SMILES string of the molecule is CC(C)CC(O)C(O)C(=O)O. The lowest BCUT2D eigenvalue weighted by molar-refractivity contribution is -0.153. The molecule has 0 rings (SSSR count). The van der Waals surface area contributed by atoms with E-state index in [4.69, 9.17) is 15.3 Å². The fraction of sp³-hybridized carbons (Fsp3) is 0.857. The van der Waals surface area contributed by atoms with Crippen LogP contribution >= 0.6 is 0 Å². The van der Waals surface area contributed by atoms with Crippen LogP contribution in [-0.4, -0.2) is 33.5 Å². The molecule has 0 bridgehead atoms. The van der Waals surface area contributed by atoms with Crippen LogP contribution in [0.2, 0.25) is 0 Å². The number of aliphatic hydroxyl groups is 2. The Labute approximate surface area is 65.5 Å². The monoisotopic (exact) mass is 162 g/mol. The molecule has 2 atom stereocenters. The average molecular weight is 162 g/mol. The standard InChI is InChI=1S/C7H14O4/c1-4(2)3-5(8)6(9)7(10)11/h4-6,8-9H,3H2,1-2H3,(H,10,11). The second-order valence-corrected chi connectivity index (χ2v) is 2.98. The van der Waals surface area contributed by atoms with E-state index in [1.54, 1.807) is 0 Å². The van der Waals surface area contributed by atoms with Gasteiger partial charge in [0.1, 0.15) is 0 Å². The van der Waals surface area contributed by atoms with Crippen LogP contribution < -0.4 is 0 Å². The molecule has 4 heteroatoms. The first-order valence-electron chi connectivity index (χ1n) is 3.54. The highest BCUT2D eigenvalue weighted by Gasteiger charge is 2.23. The third kappa shape index (κ3) is 3.95. The van der Waals surface area contributed by atoms with Crippen LogP contribution in [0.4, 0.5) is 0 Å². The molecule has 0 heterocycles. The van der Waals surface area contributed by atoms with Crippen LogP contribution in [-0.2, 0) is 4.79 Å². The van der Waals surface area contributed by atoms with E-state index in [1.807, 2.05) is 13.8 Å². The second-order valence-electron chi connectivity index (χ2n) is 2.98. The van der Waals surface area contributed by atoms with Gasteiger partial charge in [0.25, 0.3) is 0 Å². The molecule has 0 aliphatic rings.